The van der Waals surface area contributed by atoms with Crippen LogP contribution in [0.4, 0.5) is 5.00 Å². The Morgan fingerprint density at radius 1 is 1.21 bits per heavy atom. The van der Waals surface area contributed by atoms with Gasteiger partial charge in [-0.2, -0.15) is 0 Å². The third-order valence-corrected chi connectivity index (χ3v) is 6.07. The molecule has 1 aromatic heterocycles. The van der Waals surface area contributed by atoms with Crippen molar-refractivity contribution in [3.05, 3.63) is 51.9 Å². The van der Waals surface area contributed by atoms with E-state index in [1.165, 1.54) is 18.4 Å². The number of nitrogens with one attached hydrogen (secondary N) is 2. The van der Waals surface area contributed by atoms with Crippen LogP contribution in [0.2, 0.25) is 0 Å². The molecule has 0 fully saturated rings. The predicted octanol–water partition coefficient (Wildman–Crippen LogP) is 4.37. The number of carbonyl (C=O) groups excluding carboxylic acids is 2. The summed E-state index contributed by atoms with van der Waals surface area (Å²) in [5.74, 6) is -0.606. The Morgan fingerprint density at radius 2 is 1.83 bits per heavy atom. The third kappa shape index (κ3) is 5.33. The van der Waals surface area contributed by atoms with Crippen LogP contribution in [0.1, 0.15) is 58.0 Å². The zero-order chi connectivity index (χ0) is 21.6. The number of thiocarbonyl (C=S) groups is 1. The SMILES string of the molecule is CCN(CC)C(=O)c1sc(NC(=S)NC(C)c2ccccc2)c(C(=O)OC)c1C. The highest BCUT2D eigenvalue weighted by Gasteiger charge is 2.27. The number of benzene rings is 1. The van der Waals surface area contributed by atoms with Gasteiger partial charge in [0.2, 0.25) is 0 Å². The summed E-state index contributed by atoms with van der Waals surface area (Å²) in [7, 11) is 1.32. The maximum absolute atomic E-state index is 12.9. The van der Waals surface area contributed by atoms with Crippen LogP contribution in [0.3, 0.4) is 0 Å². The number of nitrogens with zero attached hydrogens (tertiary/aromatic N) is 1. The van der Waals surface area contributed by atoms with Crippen LogP contribution in [0, 0.1) is 6.92 Å². The van der Waals surface area contributed by atoms with Crippen LogP contribution in [0.25, 0.3) is 0 Å². The molecule has 0 radical (unpaired) electrons. The number of hydrogen-bond acceptors (Lipinski definition) is 5. The van der Waals surface area contributed by atoms with Crippen molar-refractivity contribution in [1.29, 1.82) is 0 Å². The Kier molecular flexibility index (Phi) is 8.16. The number of hydrogen-bond donors (Lipinski definition) is 2. The largest absolute Gasteiger partial charge is 0.465 e. The lowest BCUT2D eigenvalue weighted by Crippen LogP contribution is -2.31. The second kappa shape index (κ2) is 10.4. The second-order valence-corrected chi connectivity index (χ2v) is 7.89. The van der Waals surface area contributed by atoms with Crippen LogP contribution in [-0.2, 0) is 4.74 Å². The Morgan fingerprint density at radius 3 is 2.38 bits per heavy atom. The van der Waals surface area contributed by atoms with Gasteiger partial charge in [0.25, 0.3) is 5.91 Å². The lowest BCUT2D eigenvalue weighted by Gasteiger charge is -2.18. The van der Waals surface area contributed by atoms with Crippen molar-refractivity contribution in [2.24, 2.45) is 0 Å². The highest BCUT2D eigenvalue weighted by atomic mass is 32.1. The fourth-order valence-electron chi connectivity index (χ4n) is 2.97. The van der Waals surface area contributed by atoms with Crippen molar-refractivity contribution < 1.29 is 14.3 Å². The van der Waals surface area contributed by atoms with Gasteiger partial charge in [0, 0.05) is 13.1 Å². The molecule has 1 heterocycles. The van der Waals surface area contributed by atoms with E-state index in [0.29, 0.717) is 39.2 Å². The lowest BCUT2D eigenvalue weighted by molar-refractivity contribution is 0.0601. The van der Waals surface area contributed by atoms with E-state index < -0.39 is 5.97 Å². The molecule has 0 spiro atoms. The number of methoxy groups -OCH3 is 1. The number of esters is 1. The van der Waals surface area contributed by atoms with Crippen LogP contribution in [0.5, 0.6) is 0 Å². The number of thiophene rings is 1. The molecular weight excluding hydrogens is 406 g/mol. The van der Waals surface area contributed by atoms with Crippen molar-refractivity contribution in [3.8, 4) is 0 Å². The average molecular weight is 434 g/mol. The van der Waals surface area contributed by atoms with Crippen LogP contribution >= 0.6 is 23.6 Å². The molecule has 156 valence electrons. The summed E-state index contributed by atoms with van der Waals surface area (Å²) >= 11 is 6.66. The lowest BCUT2D eigenvalue weighted by atomic mass is 10.1. The van der Waals surface area contributed by atoms with Gasteiger partial charge in [-0.3, -0.25) is 4.79 Å². The molecule has 8 heteroatoms. The number of rotatable bonds is 7. The number of anilines is 1. The summed E-state index contributed by atoms with van der Waals surface area (Å²) in [4.78, 5) is 27.5. The first-order chi connectivity index (χ1) is 13.8. The van der Waals surface area contributed by atoms with Gasteiger partial charge in [-0.25, -0.2) is 4.79 Å². The first kappa shape index (κ1) is 22.8. The Bertz CT molecular complexity index is 877. The van der Waals surface area contributed by atoms with Crippen molar-refractivity contribution >= 4 is 45.5 Å². The predicted molar refractivity (Wildman–Crippen MR) is 122 cm³/mol. The first-order valence-corrected chi connectivity index (χ1v) is 10.7. The van der Waals surface area contributed by atoms with Gasteiger partial charge in [0.05, 0.1) is 23.6 Å². The minimum Gasteiger partial charge on any atom is -0.465 e. The molecule has 0 bridgehead atoms. The molecule has 0 saturated heterocycles. The summed E-state index contributed by atoms with van der Waals surface area (Å²) in [6.07, 6.45) is 0. The Labute approximate surface area is 181 Å². The molecule has 1 atom stereocenters. The highest BCUT2D eigenvalue weighted by Crippen LogP contribution is 2.34. The van der Waals surface area contributed by atoms with Crippen LogP contribution in [-0.4, -0.2) is 42.1 Å². The molecule has 2 aromatic rings. The molecule has 0 aliphatic carbocycles. The molecular formula is C21H27N3O3S2. The van der Waals surface area contributed by atoms with Crippen LogP contribution < -0.4 is 10.6 Å². The van der Waals surface area contributed by atoms with Crippen molar-refractivity contribution in [2.75, 3.05) is 25.5 Å². The third-order valence-electron chi connectivity index (χ3n) is 4.66. The fraction of sp³-hybridized carbons (Fsp3) is 0.381. The van der Waals surface area contributed by atoms with E-state index >= 15 is 0 Å². The normalized spacial score (nSPS) is 11.5. The minimum absolute atomic E-state index is 0.0180. The van der Waals surface area contributed by atoms with E-state index in [1.54, 1.807) is 11.8 Å². The van der Waals surface area contributed by atoms with Crippen molar-refractivity contribution in [1.82, 2.24) is 10.2 Å². The number of carbonyl (C=O) groups is 2. The summed E-state index contributed by atoms with van der Waals surface area (Å²) in [6, 6.07) is 9.89. The molecule has 0 saturated carbocycles. The summed E-state index contributed by atoms with van der Waals surface area (Å²) in [5.41, 5.74) is 2.02. The van der Waals surface area contributed by atoms with E-state index in [2.05, 4.69) is 10.6 Å². The van der Waals surface area contributed by atoms with Gasteiger partial charge in [0.15, 0.2) is 5.11 Å². The van der Waals surface area contributed by atoms with Crippen molar-refractivity contribution in [2.45, 2.75) is 33.7 Å². The van der Waals surface area contributed by atoms with E-state index in [-0.39, 0.29) is 11.9 Å². The summed E-state index contributed by atoms with van der Waals surface area (Å²) in [5, 5.41) is 7.17. The maximum Gasteiger partial charge on any atom is 0.341 e. The molecule has 0 aliphatic rings. The average Bonchev–Trinajstić information content (AvgIpc) is 3.04. The smallest absolute Gasteiger partial charge is 0.341 e. The molecule has 0 aliphatic heterocycles. The summed E-state index contributed by atoms with van der Waals surface area (Å²) < 4.78 is 4.94. The molecule has 1 aromatic carbocycles. The van der Waals surface area contributed by atoms with Crippen molar-refractivity contribution in [3.63, 3.8) is 0 Å². The zero-order valence-electron chi connectivity index (χ0n) is 17.4. The Balaban J connectivity index is 2.28. The molecule has 29 heavy (non-hydrogen) atoms. The van der Waals surface area contributed by atoms with E-state index in [9.17, 15) is 9.59 Å². The molecule has 2 rings (SSSR count). The van der Waals surface area contributed by atoms with E-state index in [1.807, 2.05) is 51.1 Å². The standard InChI is InChI=1S/C21H27N3O3S2/c1-6-24(7-2)19(25)17-13(3)16(20(26)27-5)18(29-17)23-21(28)22-14(4)15-11-9-8-10-12-15/h8-12,14H,6-7H2,1-5H3,(H2,22,23,28). The molecule has 1 amide bonds. The highest BCUT2D eigenvalue weighted by molar-refractivity contribution is 7.80. The quantitative estimate of drug-likeness (QED) is 0.499. The van der Waals surface area contributed by atoms with E-state index in [0.717, 1.165) is 5.56 Å². The number of ether oxygens (including phenoxy) is 1. The van der Waals surface area contributed by atoms with Gasteiger partial charge in [-0.15, -0.1) is 11.3 Å². The molecule has 1 unspecified atom stereocenters. The molecule has 6 nitrogen and oxygen atoms in total. The van der Waals surface area contributed by atoms with Gasteiger partial charge >= 0.3 is 5.97 Å². The van der Waals surface area contributed by atoms with Gasteiger partial charge in [-0.05, 0) is 51.0 Å². The van der Waals surface area contributed by atoms with Crippen LogP contribution in [0.15, 0.2) is 30.3 Å². The minimum atomic E-state index is -0.501. The van der Waals surface area contributed by atoms with Gasteiger partial charge in [-0.1, -0.05) is 30.3 Å². The zero-order valence-corrected chi connectivity index (χ0v) is 19.0. The second-order valence-electron chi connectivity index (χ2n) is 6.46. The monoisotopic (exact) mass is 433 g/mol. The Hall–Kier alpha value is -2.45. The fourth-order valence-corrected chi connectivity index (χ4v) is 4.48. The van der Waals surface area contributed by atoms with E-state index in [4.69, 9.17) is 17.0 Å². The summed E-state index contributed by atoms with van der Waals surface area (Å²) in [6.45, 7) is 8.80. The van der Waals surface area contributed by atoms with Gasteiger partial charge < -0.3 is 20.3 Å². The molecule has 2 N–H and O–H groups in total. The van der Waals surface area contributed by atoms with Gasteiger partial charge in [0.1, 0.15) is 5.00 Å². The number of amides is 1. The first-order valence-electron chi connectivity index (χ1n) is 9.47. The topological polar surface area (TPSA) is 70.7 Å². The maximum atomic E-state index is 12.9.